The van der Waals surface area contributed by atoms with E-state index in [-0.39, 0.29) is 11.3 Å². The van der Waals surface area contributed by atoms with Crippen molar-refractivity contribution in [3.8, 4) is 0 Å². The summed E-state index contributed by atoms with van der Waals surface area (Å²) in [5.74, 6) is -1.13. The highest BCUT2D eigenvalue weighted by molar-refractivity contribution is 7.92. The van der Waals surface area contributed by atoms with E-state index in [1.165, 1.54) is 12.1 Å². The molecule has 2 rings (SSSR count). The van der Waals surface area contributed by atoms with Crippen molar-refractivity contribution in [1.29, 1.82) is 0 Å². The number of carboxylic acid groups (broad SMARTS) is 1. The largest absolute Gasteiger partial charge is 0.550 e. The predicted octanol–water partition coefficient (Wildman–Crippen LogP) is 1.79. The fourth-order valence-corrected chi connectivity index (χ4v) is 3.27. The molecule has 0 unspecified atom stereocenters. The fourth-order valence-electron chi connectivity index (χ4n) is 2.15. The van der Waals surface area contributed by atoms with E-state index in [0.29, 0.717) is 12.1 Å². The molecule has 0 saturated carbocycles. The molecule has 0 bridgehead atoms. The molecule has 0 radical (unpaired) electrons. The van der Waals surface area contributed by atoms with Crippen LogP contribution in [-0.4, -0.2) is 14.4 Å². The zero-order chi connectivity index (χ0) is 17.0. The average Bonchev–Trinajstić information content (AvgIpc) is 2.50. The molecule has 23 heavy (non-hydrogen) atoms. The van der Waals surface area contributed by atoms with Crippen molar-refractivity contribution in [2.75, 3.05) is 4.72 Å². The third kappa shape index (κ3) is 4.32. The highest BCUT2D eigenvalue weighted by atomic mass is 32.2. The normalized spacial score (nSPS) is 11.2. The Hall–Kier alpha value is -2.34. The molecule has 122 valence electrons. The second kappa shape index (κ2) is 6.83. The SMILES string of the molecule is Cc1cccc(NS(=O)(=O)c2ccc(CCC(=O)[O-])cc2)c1C. The van der Waals surface area contributed by atoms with Crippen molar-refractivity contribution in [1.82, 2.24) is 0 Å². The second-order valence-electron chi connectivity index (χ2n) is 5.37. The summed E-state index contributed by atoms with van der Waals surface area (Å²) < 4.78 is 27.4. The van der Waals surface area contributed by atoms with Gasteiger partial charge in [0.1, 0.15) is 0 Å². The smallest absolute Gasteiger partial charge is 0.261 e. The fraction of sp³-hybridized carbons (Fsp3) is 0.235. The van der Waals surface area contributed by atoms with Gasteiger partial charge in [-0.05, 0) is 61.6 Å². The van der Waals surface area contributed by atoms with E-state index in [1.807, 2.05) is 19.9 Å². The Balaban J connectivity index is 2.19. The summed E-state index contributed by atoms with van der Waals surface area (Å²) in [5, 5.41) is 10.4. The van der Waals surface area contributed by atoms with Gasteiger partial charge in [0, 0.05) is 5.97 Å². The molecular weight excluding hydrogens is 314 g/mol. The van der Waals surface area contributed by atoms with E-state index in [4.69, 9.17) is 0 Å². The van der Waals surface area contributed by atoms with Crippen LogP contribution in [0.25, 0.3) is 0 Å². The van der Waals surface area contributed by atoms with Gasteiger partial charge < -0.3 is 9.90 Å². The van der Waals surface area contributed by atoms with Crippen molar-refractivity contribution in [3.63, 3.8) is 0 Å². The lowest BCUT2D eigenvalue weighted by Crippen LogP contribution is -2.22. The molecule has 2 aromatic carbocycles. The molecule has 2 aromatic rings. The monoisotopic (exact) mass is 332 g/mol. The molecule has 0 saturated heterocycles. The van der Waals surface area contributed by atoms with Crippen LogP contribution in [0.4, 0.5) is 5.69 Å². The third-order valence-electron chi connectivity index (χ3n) is 3.70. The zero-order valence-electron chi connectivity index (χ0n) is 13.0. The molecule has 0 spiro atoms. The van der Waals surface area contributed by atoms with Crippen molar-refractivity contribution in [3.05, 3.63) is 59.2 Å². The number of nitrogens with one attached hydrogen (secondary N) is 1. The van der Waals surface area contributed by atoms with Gasteiger partial charge in [0.25, 0.3) is 10.0 Å². The molecule has 1 N–H and O–H groups in total. The van der Waals surface area contributed by atoms with Gasteiger partial charge in [-0.25, -0.2) is 8.42 Å². The lowest BCUT2D eigenvalue weighted by Gasteiger charge is -2.12. The van der Waals surface area contributed by atoms with Crippen molar-refractivity contribution < 1.29 is 18.3 Å². The van der Waals surface area contributed by atoms with Crippen molar-refractivity contribution in [2.24, 2.45) is 0 Å². The molecule has 0 amide bonds. The summed E-state index contributed by atoms with van der Waals surface area (Å²) in [7, 11) is -3.68. The summed E-state index contributed by atoms with van der Waals surface area (Å²) in [4.78, 5) is 10.6. The number of sulfonamides is 1. The Morgan fingerprint density at radius 3 is 2.35 bits per heavy atom. The number of aryl methyl sites for hydroxylation is 2. The van der Waals surface area contributed by atoms with Gasteiger partial charge >= 0.3 is 0 Å². The summed E-state index contributed by atoms with van der Waals surface area (Å²) in [6.45, 7) is 3.77. The minimum atomic E-state index is -3.68. The number of benzene rings is 2. The Labute approximate surface area is 136 Å². The maximum atomic E-state index is 12.4. The number of hydrogen-bond acceptors (Lipinski definition) is 4. The van der Waals surface area contributed by atoms with Crippen LogP contribution in [0.15, 0.2) is 47.4 Å². The molecule has 0 aliphatic heterocycles. The Morgan fingerprint density at radius 1 is 1.09 bits per heavy atom. The molecule has 5 nitrogen and oxygen atoms in total. The number of carbonyl (C=O) groups excluding carboxylic acids is 1. The topological polar surface area (TPSA) is 86.3 Å². The van der Waals surface area contributed by atoms with E-state index in [9.17, 15) is 18.3 Å². The van der Waals surface area contributed by atoms with Crippen LogP contribution < -0.4 is 9.83 Å². The standard InChI is InChI=1S/C17H19NO4S/c1-12-4-3-5-16(13(12)2)18-23(21,22)15-9-6-14(7-10-15)8-11-17(19)20/h3-7,9-10,18H,8,11H2,1-2H3,(H,19,20)/p-1. The van der Waals surface area contributed by atoms with E-state index >= 15 is 0 Å². The first-order chi connectivity index (χ1) is 10.8. The number of carboxylic acids is 1. The summed E-state index contributed by atoms with van der Waals surface area (Å²) in [5.41, 5.74) is 3.18. The van der Waals surface area contributed by atoms with Crippen molar-refractivity contribution in [2.45, 2.75) is 31.6 Å². The van der Waals surface area contributed by atoms with Gasteiger partial charge in [0.15, 0.2) is 0 Å². The van der Waals surface area contributed by atoms with Gasteiger partial charge in [-0.2, -0.15) is 0 Å². The van der Waals surface area contributed by atoms with Gasteiger partial charge in [0.2, 0.25) is 0 Å². The van der Waals surface area contributed by atoms with Crippen LogP contribution in [0.5, 0.6) is 0 Å². The quantitative estimate of drug-likeness (QED) is 0.874. The molecule has 6 heteroatoms. The van der Waals surface area contributed by atoms with E-state index in [1.54, 1.807) is 24.3 Å². The summed E-state index contributed by atoms with van der Waals surface area (Å²) in [6.07, 6.45) is 0.222. The first-order valence-corrected chi connectivity index (χ1v) is 8.66. The molecule has 0 heterocycles. The number of rotatable bonds is 6. The second-order valence-corrected chi connectivity index (χ2v) is 7.05. The minimum Gasteiger partial charge on any atom is -0.550 e. The summed E-state index contributed by atoms with van der Waals surface area (Å²) in [6, 6.07) is 11.6. The molecule has 0 aliphatic carbocycles. The lowest BCUT2D eigenvalue weighted by atomic mass is 10.1. The maximum absolute atomic E-state index is 12.4. The van der Waals surface area contributed by atoms with Crippen molar-refractivity contribution >= 4 is 21.7 Å². The average molecular weight is 332 g/mol. The van der Waals surface area contributed by atoms with E-state index in [0.717, 1.165) is 16.7 Å². The van der Waals surface area contributed by atoms with Crippen LogP contribution >= 0.6 is 0 Å². The van der Waals surface area contributed by atoms with Crippen LogP contribution in [0.2, 0.25) is 0 Å². The van der Waals surface area contributed by atoms with Crippen LogP contribution in [-0.2, 0) is 21.2 Å². The molecule has 0 aliphatic rings. The molecular formula is C17H18NO4S-. The Kier molecular flexibility index (Phi) is 5.05. The first-order valence-electron chi connectivity index (χ1n) is 7.17. The third-order valence-corrected chi connectivity index (χ3v) is 5.08. The number of aliphatic carboxylic acids is 1. The maximum Gasteiger partial charge on any atom is 0.261 e. The van der Waals surface area contributed by atoms with Gasteiger partial charge in [-0.1, -0.05) is 24.3 Å². The number of carbonyl (C=O) groups is 1. The van der Waals surface area contributed by atoms with E-state index in [2.05, 4.69) is 4.72 Å². The van der Waals surface area contributed by atoms with E-state index < -0.39 is 16.0 Å². The highest BCUT2D eigenvalue weighted by Crippen LogP contribution is 2.22. The Morgan fingerprint density at radius 2 is 1.74 bits per heavy atom. The Bertz CT molecular complexity index is 811. The summed E-state index contributed by atoms with van der Waals surface area (Å²) >= 11 is 0. The number of anilines is 1. The number of hydrogen-bond donors (Lipinski definition) is 1. The molecule has 0 atom stereocenters. The van der Waals surface area contributed by atoms with Crippen LogP contribution in [0.1, 0.15) is 23.1 Å². The molecule has 0 aromatic heterocycles. The van der Waals surface area contributed by atoms with Crippen LogP contribution in [0.3, 0.4) is 0 Å². The predicted molar refractivity (Wildman–Crippen MR) is 86.5 cm³/mol. The van der Waals surface area contributed by atoms with Gasteiger partial charge in [-0.3, -0.25) is 4.72 Å². The lowest BCUT2D eigenvalue weighted by molar-refractivity contribution is -0.305. The molecule has 0 fully saturated rings. The zero-order valence-corrected chi connectivity index (χ0v) is 13.8. The minimum absolute atomic E-state index is 0.0904. The van der Waals surface area contributed by atoms with Crippen LogP contribution in [0, 0.1) is 13.8 Å². The van der Waals surface area contributed by atoms with Gasteiger partial charge in [0.05, 0.1) is 10.6 Å². The van der Waals surface area contributed by atoms with Gasteiger partial charge in [-0.15, -0.1) is 0 Å². The first kappa shape index (κ1) is 17.0. The highest BCUT2D eigenvalue weighted by Gasteiger charge is 2.15.